The SMILES string of the molecule is CC(C(=O)NC(C)(C)C)N1CCC(N2CCC(N)CC2)C1. The molecule has 2 aliphatic heterocycles. The number of piperidine rings is 1. The highest BCUT2D eigenvalue weighted by molar-refractivity contribution is 5.82. The lowest BCUT2D eigenvalue weighted by Crippen LogP contribution is -2.51. The summed E-state index contributed by atoms with van der Waals surface area (Å²) in [7, 11) is 0. The number of hydrogen-bond acceptors (Lipinski definition) is 4. The Morgan fingerprint density at radius 2 is 1.81 bits per heavy atom. The average Bonchev–Trinajstić information content (AvgIpc) is 2.86. The lowest BCUT2D eigenvalue weighted by Gasteiger charge is -2.35. The minimum Gasteiger partial charge on any atom is -0.350 e. The fraction of sp³-hybridized carbons (Fsp3) is 0.938. The summed E-state index contributed by atoms with van der Waals surface area (Å²) in [5.74, 6) is 0.142. The van der Waals surface area contributed by atoms with E-state index >= 15 is 0 Å². The van der Waals surface area contributed by atoms with Crippen molar-refractivity contribution in [2.24, 2.45) is 5.73 Å². The van der Waals surface area contributed by atoms with Gasteiger partial charge in [-0.25, -0.2) is 0 Å². The van der Waals surface area contributed by atoms with Crippen molar-refractivity contribution in [3.8, 4) is 0 Å². The molecule has 2 aliphatic rings. The molecule has 0 aromatic heterocycles. The van der Waals surface area contributed by atoms with Crippen LogP contribution in [0.5, 0.6) is 0 Å². The maximum Gasteiger partial charge on any atom is 0.237 e. The van der Waals surface area contributed by atoms with Crippen molar-refractivity contribution in [3.63, 3.8) is 0 Å². The quantitative estimate of drug-likeness (QED) is 0.808. The predicted molar refractivity (Wildman–Crippen MR) is 86.1 cm³/mol. The average molecular weight is 296 g/mol. The minimum absolute atomic E-state index is 0.0405. The second-order valence-electron chi connectivity index (χ2n) is 7.73. The summed E-state index contributed by atoms with van der Waals surface area (Å²) in [5, 5.41) is 3.09. The van der Waals surface area contributed by atoms with Crippen LogP contribution in [-0.4, -0.2) is 65.6 Å². The highest BCUT2D eigenvalue weighted by Crippen LogP contribution is 2.21. The summed E-state index contributed by atoms with van der Waals surface area (Å²) in [4.78, 5) is 17.2. The first-order valence-corrected chi connectivity index (χ1v) is 8.32. The molecule has 0 spiro atoms. The van der Waals surface area contributed by atoms with Crippen molar-refractivity contribution in [1.29, 1.82) is 0 Å². The van der Waals surface area contributed by atoms with E-state index in [4.69, 9.17) is 5.73 Å². The summed E-state index contributed by atoms with van der Waals surface area (Å²) >= 11 is 0. The van der Waals surface area contributed by atoms with Crippen molar-refractivity contribution in [2.45, 2.75) is 70.6 Å². The van der Waals surface area contributed by atoms with Gasteiger partial charge in [0.2, 0.25) is 5.91 Å². The van der Waals surface area contributed by atoms with E-state index in [2.05, 4.69) is 15.1 Å². The molecule has 0 bridgehead atoms. The smallest absolute Gasteiger partial charge is 0.237 e. The van der Waals surface area contributed by atoms with Crippen LogP contribution in [0.1, 0.15) is 47.0 Å². The normalized spacial score (nSPS) is 27.8. The van der Waals surface area contributed by atoms with Crippen molar-refractivity contribution in [3.05, 3.63) is 0 Å². The van der Waals surface area contributed by atoms with Gasteiger partial charge in [-0.2, -0.15) is 0 Å². The first kappa shape index (κ1) is 16.7. The molecule has 2 unspecified atom stereocenters. The second-order valence-corrected chi connectivity index (χ2v) is 7.73. The zero-order chi connectivity index (χ0) is 15.6. The van der Waals surface area contributed by atoms with Crippen LogP contribution < -0.4 is 11.1 Å². The fourth-order valence-corrected chi connectivity index (χ4v) is 3.34. The van der Waals surface area contributed by atoms with Crippen LogP contribution in [0.15, 0.2) is 0 Å². The summed E-state index contributed by atoms with van der Waals surface area (Å²) < 4.78 is 0. The molecule has 2 atom stereocenters. The Morgan fingerprint density at radius 3 is 2.38 bits per heavy atom. The van der Waals surface area contributed by atoms with E-state index < -0.39 is 0 Å². The van der Waals surface area contributed by atoms with E-state index in [1.165, 1.54) is 6.42 Å². The molecule has 2 rings (SSSR count). The van der Waals surface area contributed by atoms with Crippen LogP contribution in [-0.2, 0) is 4.79 Å². The molecule has 5 nitrogen and oxygen atoms in total. The van der Waals surface area contributed by atoms with E-state index in [1.807, 2.05) is 27.7 Å². The van der Waals surface area contributed by atoms with E-state index in [0.29, 0.717) is 12.1 Å². The zero-order valence-electron chi connectivity index (χ0n) is 14.1. The zero-order valence-corrected chi connectivity index (χ0v) is 14.1. The molecule has 3 N–H and O–H groups in total. The number of nitrogens with one attached hydrogen (secondary N) is 1. The third-order valence-corrected chi connectivity index (χ3v) is 4.71. The Balaban J connectivity index is 1.83. The maximum atomic E-state index is 12.3. The molecule has 0 aliphatic carbocycles. The van der Waals surface area contributed by atoms with Gasteiger partial charge in [0.15, 0.2) is 0 Å². The number of carbonyl (C=O) groups excluding carboxylic acids is 1. The van der Waals surface area contributed by atoms with Crippen LogP contribution in [0, 0.1) is 0 Å². The number of nitrogens with two attached hydrogens (primary N) is 1. The lowest BCUT2D eigenvalue weighted by molar-refractivity contribution is -0.127. The minimum atomic E-state index is -0.159. The molecule has 0 saturated carbocycles. The molecule has 2 heterocycles. The Kier molecular flexibility index (Phi) is 5.28. The van der Waals surface area contributed by atoms with Gasteiger partial charge in [0.1, 0.15) is 0 Å². The van der Waals surface area contributed by atoms with Crippen LogP contribution in [0.3, 0.4) is 0 Å². The maximum absolute atomic E-state index is 12.3. The molecule has 21 heavy (non-hydrogen) atoms. The van der Waals surface area contributed by atoms with Gasteiger partial charge in [-0.1, -0.05) is 0 Å². The van der Waals surface area contributed by atoms with Gasteiger partial charge in [0, 0.05) is 30.7 Å². The number of hydrogen-bond donors (Lipinski definition) is 2. The van der Waals surface area contributed by atoms with Crippen molar-refractivity contribution in [2.75, 3.05) is 26.2 Å². The summed E-state index contributed by atoms with van der Waals surface area (Å²) in [6, 6.07) is 0.943. The van der Waals surface area contributed by atoms with Crippen LogP contribution in [0.25, 0.3) is 0 Å². The van der Waals surface area contributed by atoms with Crippen LogP contribution >= 0.6 is 0 Å². The van der Waals surface area contributed by atoms with E-state index in [1.54, 1.807) is 0 Å². The van der Waals surface area contributed by atoms with Crippen LogP contribution in [0.2, 0.25) is 0 Å². The number of nitrogens with zero attached hydrogens (tertiary/aromatic N) is 2. The molecule has 2 saturated heterocycles. The third kappa shape index (κ3) is 4.66. The molecule has 122 valence electrons. The topological polar surface area (TPSA) is 61.6 Å². The molecule has 2 fully saturated rings. The molecule has 0 aromatic rings. The third-order valence-electron chi connectivity index (χ3n) is 4.71. The highest BCUT2D eigenvalue weighted by atomic mass is 16.2. The second kappa shape index (κ2) is 6.63. The van der Waals surface area contributed by atoms with E-state index in [0.717, 1.165) is 39.0 Å². The summed E-state index contributed by atoms with van der Waals surface area (Å²) in [6.07, 6.45) is 3.38. The molecule has 1 amide bonds. The Morgan fingerprint density at radius 1 is 1.19 bits per heavy atom. The monoisotopic (exact) mass is 296 g/mol. The molecule has 0 radical (unpaired) electrons. The largest absolute Gasteiger partial charge is 0.350 e. The molecule has 5 heteroatoms. The van der Waals surface area contributed by atoms with Gasteiger partial charge >= 0.3 is 0 Å². The fourth-order valence-electron chi connectivity index (χ4n) is 3.34. The number of amides is 1. The Hall–Kier alpha value is -0.650. The summed E-state index contributed by atoms with van der Waals surface area (Å²) in [6.45, 7) is 12.4. The van der Waals surface area contributed by atoms with E-state index in [9.17, 15) is 4.79 Å². The van der Waals surface area contributed by atoms with Gasteiger partial charge in [-0.3, -0.25) is 14.6 Å². The van der Waals surface area contributed by atoms with Gasteiger partial charge in [0.25, 0.3) is 0 Å². The predicted octanol–water partition coefficient (Wildman–Crippen LogP) is 0.787. The van der Waals surface area contributed by atoms with Crippen LogP contribution in [0.4, 0.5) is 0 Å². The summed E-state index contributed by atoms with van der Waals surface area (Å²) in [5.41, 5.74) is 5.82. The van der Waals surface area contributed by atoms with Gasteiger partial charge < -0.3 is 11.1 Å². The van der Waals surface area contributed by atoms with Crippen molar-refractivity contribution >= 4 is 5.91 Å². The number of likely N-dealkylation sites (tertiary alicyclic amines) is 2. The number of rotatable bonds is 3. The lowest BCUT2D eigenvalue weighted by atomic mass is 10.0. The van der Waals surface area contributed by atoms with E-state index in [-0.39, 0.29) is 17.5 Å². The van der Waals surface area contributed by atoms with Gasteiger partial charge in [0.05, 0.1) is 6.04 Å². The molecular formula is C16H32N4O. The Labute approximate surface area is 129 Å². The van der Waals surface area contributed by atoms with Crippen molar-refractivity contribution < 1.29 is 4.79 Å². The number of carbonyl (C=O) groups is 1. The molecule has 0 aromatic carbocycles. The van der Waals surface area contributed by atoms with Gasteiger partial charge in [-0.05, 0) is 60.0 Å². The standard InChI is InChI=1S/C16H32N4O/c1-12(15(21)18-16(2,3)4)20-10-7-14(11-20)19-8-5-13(17)6-9-19/h12-14H,5-11,17H2,1-4H3,(H,18,21). The Bertz CT molecular complexity index is 358. The first-order valence-electron chi connectivity index (χ1n) is 8.32. The molecular weight excluding hydrogens is 264 g/mol. The highest BCUT2D eigenvalue weighted by Gasteiger charge is 2.34. The van der Waals surface area contributed by atoms with Crippen molar-refractivity contribution in [1.82, 2.24) is 15.1 Å². The first-order chi connectivity index (χ1) is 9.76. The van der Waals surface area contributed by atoms with Gasteiger partial charge in [-0.15, -0.1) is 0 Å².